The summed E-state index contributed by atoms with van der Waals surface area (Å²) in [5.74, 6) is 1.60. The van der Waals surface area contributed by atoms with Gasteiger partial charge in [-0.2, -0.15) is 0 Å². The van der Waals surface area contributed by atoms with Gasteiger partial charge in [0.2, 0.25) is 0 Å². The molecule has 0 aromatic carbocycles. The normalized spacial score (nSPS) is 35.4. The van der Waals surface area contributed by atoms with Crippen molar-refractivity contribution in [2.45, 2.75) is 32.1 Å². The lowest BCUT2D eigenvalue weighted by atomic mass is 9.70. The summed E-state index contributed by atoms with van der Waals surface area (Å²) in [4.78, 5) is 4.23. The minimum absolute atomic E-state index is 0.144. The zero-order valence-corrected chi connectivity index (χ0v) is 11.5. The van der Waals surface area contributed by atoms with E-state index in [1.165, 1.54) is 31.2 Å². The molecular weight excluding hydrogens is 278 g/mol. The molecule has 3 atom stereocenters. The maximum Gasteiger partial charge on any atom is 0.0493 e. The van der Waals surface area contributed by atoms with Crippen molar-refractivity contribution in [3.63, 3.8) is 0 Å². The highest BCUT2D eigenvalue weighted by Crippen LogP contribution is 2.57. The number of rotatable bonds is 3. The number of aliphatic hydroxyl groups is 1. The van der Waals surface area contributed by atoms with Crippen molar-refractivity contribution in [1.82, 2.24) is 4.98 Å². The molecule has 0 saturated heterocycles. The van der Waals surface area contributed by atoms with Gasteiger partial charge in [-0.3, -0.25) is 4.98 Å². The fraction of sp³-hybridized carbons (Fsp3) is 0.643. The van der Waals surface area contributed by atoms with Gasteiger partial charge in [-0.1, -0.05) is 6.42 Å². The molecule has 0 amide bonds. The first kappa shape index (κ1) is 11.7. The second kappa shape index (κ2) is 4.36. The van der Waals surface area contributed by atoms with Crippen LogP contribution in [-0.2, 0) is 6.42 Å². The molecule has 2 aliphatic carbocycles. The van der Waals surface area contributed by atoms with Crippen molar-refractivity contribution in [3.8, 4) is 0 Å². The van der Waals surface area contributed by atoms with Crippen molar-refractivity contribution in [1.29, 1.82) is 0 Å². The number of aliphatic hydroxyl groups excluding tert-OH is 1. The lowest BCUT2D eigenvalue weighted by Gasteiger charge is -2.36. The first-order chi connectivity index (χ1) is 8.22. The average molecular weight is 296 g/mol. The number of halogens is 1. The molecule has 2 aliphatic rings. The molecule has 92 valence electrons. The molecule has 1 aromatic heterocycles. The van der Waals surface area contributed by atoms with E-state index in [-0.39, 0.29) is 5.41 Å². The predicted molar refractivity (Wildman–Crippen MR) is 70.6 cm³/mol. The Morgan fingerprint density at radius 1 is 1.41 bits per heavy atom. The molecular formula is C14H18BrNO. The third-order valence-electron chi connectivity index (χ3n) is 4.74. The van der Waals surface area contributed by atoms with Crippen LogP contribution in [0.25, 0.3) is 0 Å². The van der Waals surface area contributed by atoms with Crippen LogP contribution in [0.1, 0.15) is 31.2 Å². The van der Waals surface area contributed by atoms with Gasteiger partial charge in [0.15, 0.2) is 0 Å². The maximum absolute atomic E-state index is 9.84. The summed E-state index contributed by atoms with van der Waals surface area (Å²) in [6, 6.07) is 2.14. The van der Waals surface area contributed by atoms with E-state index in [9.17, 15) is 5.11 Å². The Hall–Kier alpha value is -0.410. The van der Waals surface area contributed by atoms with Crippen LogP contribution in [0.3, 0.4) is 0 Å². The van der Waals surface area contributed by atoms with Crippen molar-refractivity contribution < 1.29 is 5.11 Å². The number of hydrogen-bond acceptors (Lipinski definition) is 2. The van der Waals surface area contributed by atoms with Crippen LogP contribution in [0.15, 0.2) is 22.9 Å². The molecule has 2 saturated carbocycles. The third-order valence-corrected chi connectivity index (χ3v) is 5.17. The van der Waals surface area contributed by atoms with Crippen LogP contribution >= 0.6 is 15.9 Å². The Morgan fingerprint density at radius 3 is 2.88 bits per heavy atom. The molecule has 1 N–H and O–H groups in total. The molecule has 2 fully saturated rings. The van der Waals surface area contributed by atoms with Crippen molar-refractivity contribution in [3.05, 3.63) is 28.5 Å². The lowest BCUT2D eigenvalue weighted by molar-refractivity contribution is 0.0651. The summed E-state index contributed by atoms with van der Waals surface area (Å²) in [5.41, 5.74) is 1.40. The second-order valence-corrected chi connectivity index (χ2v) is 6.70. The van der Waals surface area contributed by atoms with Crippen LogP contribution < -0.4 is 0 Å². The van der Waals surface area contributed by atoms with E-state index < -0.39 is 0 Å². The zero-order valence-electron chi connectivity index (χ0n) is 9.90. The Morgan fingerprint density at radius 2 is 2.29 bits per heavy atom. The van der Waals surface area contributed by atoms with Crippen LogP contribution in [0.5, 0.6) is 0 Å². The van der Waals surface area contributed by atoms with Crippen molar-refractivity contribution >= 4 is 15.9 Å². The van der Waals surface area contributed by atoms with E-state index in [4.69, 9.17) is 0 Å². The van der Waals surface area contributed by atoms with Gasteiger partial charge >= 0.3 is 0 Å². The molecule has 3 unspecified atom stereocenters. The molecule has 3 heteroatoms. The van der Waals surface area contributed by atoms with E-state index in [2.05, 4.69) is 27.0 Å². The molecule has 1 heterocycles. The largest absolute Gasteiger partial charge is 0.396 e. The lowest BCUT2D eigenvalue weighted by Crippen LogP contribution is -2.34. The Bertz CT molecular complexity index is 422. The standard InChI is InChI=1S/C14H18BrNO/c15-13-4-11(7-16-8-13)6-14(9-17)5-10-1-2-12(14)3-10/h4,7-8,10,12,17H,1-3,5-6,9H2. The number of nitrogens with zero attached hydrogens (tertiary/aromatic N) is 1. The van der Waals surface area contributed by atoms with Crippen molar-refractivity contribution in [2.75, 3.05) is 6.61 Å². The van der Waals surface area contributed by atoms with E-state index >= 15 is 0 Å². The van der Waals surface area contributed by atoms with Gasteiger partial charge in [0.1, 0.15) is 0 Å². The van der Waals surface area contributed by atoms with Crippen LogP contribution in [0.4, 0.5) is 0 Å². The third kappa shape index (κ3) is 2.04. The quantitative estimate of drug-likeness (QED) is 0.929. The van der Waals surface area contributed by atoms with E-state index in [1.807, 2.05) is 12.4 Å². The highest BCUT2D eigenvalue weighted by atomic mass is 79.9. The summed E-state index contributed by atoms with van der Waals surface area (Å²) in [6.45, 7) is 0.334. The molecule has 0 spiro atoms. The number of fused-ring (bicyclic) bond motifs is 2. The smallest absolute Gasteiger partial charge is 0.0493 e. The Kier molecular flexibility index (Phi) is 2.99. The Balaban J connectivity index is 1.83. The highest BCUT2D eigenvalue weighted by molar-refractivity contribution is 9.10. The Labute approximate surface area is 111 Å². The summed E-state index contributed by atoms with van der Waals surface area (Å²) in [6.07, 6.45) is 9.97. The number of hydrogen-bond donors (Lipinski definition) is 1. The van der Waals surface area contributed by atoms with Gasteiger partial charge in [-0.25, -0.2) is 0 Å². The summed E-state index contributed by atoms with van der Waals surface area (Å²) >= 11 is 3.47. The molecule has 1 aromatic rings. The summed E-state index contributed by atoms with van der Waals surface area (Å²) < 4.78 is 1.03. The first-order valence-electron chi connectivity index (χ1n) is 6.42. The van der Waals surface area contributed by atoms with Gasteiger partial charge in [0.05, 0.1) is 0 Å². The molecule has 2 bridgehead atoms. The SMILES string of the molecule is OCC1(Cc2cncc(Br)c2)CC2CCC1C2. The van der Waals surface area contributed by atoms with E-state index in [0.717, 1.165) is 22.7 Å². The van der Waals surface area contributed by atoms with Crippen LogP contribution in [-0.4, -0.2) is 16.7 Å². The minimum Gasteiger partial charge on any atom is -0.396 e. The zero-order chi connectivity index (χ0) is 11.9. The van der Waals surface area contributed by atoms with Gasteiger partial charge in [-0.05, 0) is 65.1 Å². The van der Waals surface area contributed by atoms with Gasteiger partial charge in [0.25, 0.3) is 0 Å². The average Bonchev–Trinajstić information content (AvgIpc) is 2.89. The van der Waals surface area contributed by atoms with Gasteiger partial charge < -0.3 is 5.11 Å². The van der Waals surface area contributed by atoms with E-state index in [0.29, 0.717) is 6.61 Å². The monoisotopic (exact) mass is 295 g/mol. The molecule has 2 nitrogen and oxygen atoms in total. The first-order valence-corrected chi connectivity index (χ1v) is 7.21. The minimum atomic E-state index is 0.144. The molecule has 0 aliphatic heterocycles. The number of aromatic nitrogens is 1. The number of pyridine rings is 1. The fourth-order valence-corrected chi connectivity index (χ4v) is 4.40. The van der Waals surface area contributed by atoms with Gasteiger partial charge in [0, 0.05) is 28.9 Å². The molecule has 17 heavy (non-hydrogen) atoms. The topological polar surface area (TPSA) is 33.1 Å². The van der Waals surface area contributed by atoms with Crippen molar-refractivity contribution in [2.24, 2.45) is 17.3 Å². The summed E-state index contributed by atoms with van der Waals surface area (Å²) in [5, 5.41) is 9.84. The highest BCUT2D eigenvalue weighted by Gasteiger charge is 2.50. The van der Waals surface area contributed by atoms with E-state index in [1.54, 1.807) is 0 Å². The van der Waals surface area contributed by atoms with Gasteiger partial charge in [-0.15, -0.1) is 0 Å². The van der Waals surface area contributed by atoms with Crippen LogP contribution in [0, 0.1) is 17.3 Å². The summed E-state index contributed by atoms with van der Waals surface area (Å²) in [7, 11) is 0. The van der Waals surface area contributed by atoms with Crippen LogP contribution in [0.2, 0.25) is 0 Å². The predicted octanol–water partition coefficient (Wildman–Crippen LogP) is 3.19. The maximum atomic E-state index is 9.84. The fourth-order valence-electron chi connectivity index (χ4n) is 3.98. The molecule has 3 rings (SSSR count). The second-order valence-electron chi connectivity index (χ2n) is 5.79. The molecule has 0 radical (unpaired) electrons.